The molecular formula is C16H26N2O2S. The fourth-order valence-electron chi connectivity index (χ4n) is 2.79. The Kier molecular flexibility index (Phi) is 5.41. The smallest absolute Gasteiger partial charge is 0.148 e. The van der Waals surface area contributed by atoms with Crippen LogP contribution < -0.4 is 0 Å². The van der Waals surface area contributed by atoms with E-state index in [4.69, 9.17) is 0 Å². The Morgan fingerprint density at radius 1 is 1.00 bits per heavy atom. The normalized spacial score (nSPS) is 18.0. The minimum Gasteiger partial charge on any atom is -0.300 e. The molecule has 2 rings (SSSR count). The first-order chi connectivity index (χ1) is 9.85. The van der Waals surface area contributed by atoms with Gasteiger partial charge in [0.05, 0.1) is 5.75 Å². The number of piperazine rings is 1. The van der Waals surface area contributed by atoms with Gasteiger partial charge in [-0.1, -0.05) is 18.2 Å². The lowest BCUT2D eigenvalue weighted by Crippen LogP contribution is -2.47. The highest BCUT2D eigenvalue weighted by Gasteiger charge is 2.18. The van der Waals surface area contributed by atoms with Crippen molar-refractivity contribution in [2.75, 3.05) is 44.7 Å². The Morgan fingerprint density at radius 2 is 1.52 bits per heavy atom. The lowest BCUT2D eigenvalue weighted by Gasteiger charge is -2.35. The summed E-state index contributed by atoms with van der Waals surface area (Å²) in [6.45, 7) is 9.94. The minimum absolute atomic E-state index is 0.268. The first-order valence-electron chi connectivity index (χ1n) is 7.53. The molecule has 1 aliphatic heterocycles. The Labute approximate surface area is 128 Å². The van der Waals surface area contributed by atoms with Crippen LogP contribution in [0.25, 0.3) is 0 Å². The molecule has 0 N–H and O–H groups in total. The molecule has 118 valence electrons. The molecule has 0 radical (unpaired) electrons. The summed E-state index contributed by atoms with van der Waals surface area (Å²) in [5, 5.41) is 0. The molecule has 0 saturated carbocycles. The van der Waals surface area contributed by atoms with Gasteiger partial charge in [0.25, 0.3) is 0 Å². The van der Waals surface area contributed by atoms with E-state index in [0.717, 1.165) is 32.7 Å². The summed E-state index contributed by atoms with van der Waals surface area (Å²) in [5.41, 5.74) is 4.14. The molecule has 0 atom stereocenters. The summed E-state index contributed by atoms with van der Waals surface area (Å²) in [5.74, 6) is 0.268. The molecule has 0 aliphatic carbocycles. The van der Waals surface area contributed by atoms with E-state index in [0.29, 0.717) is 6.54 Å². The number of rotatable bonds is 5. The van der Waals surface area contributed by atoms with Crippen molar-refractivity contribution in [3.05, 3.63) is 34.9 Å². The number of hydrogen-bond acceptors (Lipinski definition) is 4. The molecular weight excluding hydrogens is 284 g/mol. The van der Waals surface area contributed by atoms with Crippen LogP contribution in [0.4, 0.5) is 0 Å². The molecule has 0 aromatic heterocycles. The van der Waals surface area contributed by atoms with Crippen LogP contribution in [0.2, 0.25) is 0 Å². The van der Waals surface area contributed by atoms with Crippen molar-refractivity contribution >= 4 is 9.84 Å². The Balaban J connectivity index is 1.84. The molecule has 1 aliphatic rings. The van der Waals surface area contributed by atoms with E-state index in [2.05, 4.69) is 41.8 Å². The zero-order valence-electron chi connectivity index (χ0n) is 13.3. The first kappa shape index (κ1) is 16.5. The molecule has 1 aromatic rings. The highest BCUT2D eigenvalue weighted by molar-refractivity contribution is 7.90. The summed E-state index contributed by atoms with van der Waals surface area (Å²) in [6.07, 6.45) is 1.31. The van der Waals surface area contributed by atoms with Gasteiger partial charge < -0.3 is 0 Å². The maximum Gasteiger partial charge on any atom is 0.148 e. The fourth-order valence-corrected chi connectivity index (χ4v) is 3.38. The quantitative estimate of drug-likeness (QED) is 0.826. The molecule has 1 aromatic carbocycles. The summed E-state index contributed by atoms with van der Waals surface area (Å²) >= 11 is 0. The zero-order chi connectivity index (χ0) is 15.5. The van der Waals surface area contributed by atoms with Crippen LogP contribution in [0.1, 0.15) is 16.7 Å². The van der Waals surface area contributed by atoms with Gasteiger partial charge in [0.1, 0.15) is 9.84 Å². The van der Waals surface area contributed by atoms with Gasteiger partial charge in [0.2, 0.25) is 0 Å². The van der Waals surface area contributed by atoms with E-state index in [1.54, 1.807) is 0 Å². The predicted molar refractivity (Wildman–Crippen MR) is 87.3 cm³/mol. The SMILES string of the molecule is Cc1cccc(C)c1CN1CCN(CCS(C)(=O)=O)CC1. The topological polar surface area (TPSA) is 40.6 Å². The van der Waals surface area contributed by atoms with Crippen molar-refractivity contribution in [2.45, 2.75) is 20.4 Å². The molecule has 0 unspecified atom stereocenters. The summed E-state index contributed by atoms with van der Waals surface area (Å²) < 4.78 is 22.4. The number of sulfone groups is 1. The van der Waals surface area contributed by atoms with Gasteiger partial charge in [-0.15, -0.1) is 0 Å². The standard InChI is InChI=1S/C16H26N2O2S/c1-14-5-4-6-15(2)16(14)13-18-9-7-17(8-10-18)11-12-21(3,19)20/h4-6H,7-13H2,1-3H3. The van der Waals surface area contributed by atoms with E-state index in [1.807, 2.05) is 0 Å². The monoisotopic (exact) mass is 310 g/mol. The largest absolute Gasteiger partial charge is 0.300 e. The van der Waals surface area contributed by atoms with Crippen LogP contribution in [0.15, 0.2) is 18.2 Å². The van der Waals surface area contributed by atoms with Crippen molar-refractivity contribution in [2.24, 2.45) is 0 Å². The Bertz CT molecular complexity index is 556. The molecule has 0 amide bonds. The third-order valence-corrected chi connectivity index (χ3v) is 5.19. The second-order valence-electron chi connectivity index (χ2n) is 6.12. The van der Waals surface area contributed by atoms with Crippen LogP contribution in [-0.2, 0) is 16.4 Å². The van der Waals surface area contributed by atoms with E-state index in [-0.39, 0.29) is 5.75 Å². The van der Waals surface area contributed by atoms with Crippen molar-refractivity contribution in [3.63, 3.8) is 0 Å². The van der Waals surface area contributed by atoms with Crippen LogP contribution in [0.5, 0.6) is 0 Å². The van der Waals surface area contributed by atoms with Gasteiger partial charge in [0, 0.05) is 45.5 Å². The number of hydrogen-bond donors (Lipinski definition) is 0. The van der Waals surface area contributed by atoms with Crippen molar-refractivity contribution in [1.82, 2.24) is 9.80 Å². The molecule has 0 bridgehead atoms. The van der Waals surface area contributed by atoms with Gasteiger partial charge in [-0.05, 0) is 30.5 Å². The van der Waals surface area contributed by atoms with E-state index < -0.39 is 9.84 Å². The lowest BCUT2D eigenvalue weighted by atomic mass is 10.0. The predicted octanol–water partition coefficient (Wildman–Crippen LogP) is 1.47. The van der Waals surface area contributed by atoms with Gasteiger partial charge in [-0.2, -0.15) is 0 Å². The highest BCUT2D eigenvalue weighted by atomic mass is 32.2. The summed E-state index contributed by atoms with van der Waals surface area (Å²) in [4.78, 5) is 4.72. The van der Waals surface area contributed by atoms with Gasteiger partial charge in [0.15, 0.2) is 0 Å². The van der Waals surface area contributed by atoms with Gasteiger partial charge >= 0.3 is 0 Å². The van der Waals surface area contributed by atoms with Gasteiger partial charge in [-0.25, -0.2) is 8.42 Å². The van der Waals surface area contributed by atoms with E-state index in [1.165, 1.54) is 22.9 Å². The average Bonchev–Trinajstić information content (AvgIpc) is 2.41. The Hall–Kier alpha value is -0.910. The third kappa shape index (κ3) is 5.09. The van der Waals surface area contributed by atoms with Crippen LogP contribution in [0.3, 0.4) is 0 Å². The number of nitrogens with zero attached hydrogens (tertiary/aromatic N) is 2. The fraction of sp³-hybridized carbons (Fsp3) is 0.625. The number of benzene rings is 1. The van der Waals surface area contributed by atoms with Crippen molar-refractivity contribution in [3.8, 4) is 0 Å². The molecule has 21 heavy (non-hydrogen) atoms. The number of aryl methyl sites for hydroxylation is 2. The first-order valence-corrected chi connectivity index (χ1v) is 9.59. The maximum atomic E-state index is 11.2. The molecule has 1 heterocycles. The zero-order valence-corrected chi connectivity index (χ0v) is 14.1. The maximum absolute atomic E-state index is 11.2. The molecule has 1 saturated heterocycles. The molecule has 0 spiro atoms. The molecule has 5 heteroatoms. The highest BCUT2D eigenvalue weighted by Crippen LogP contribution is 2.16. The van der Waals surface area contributed by atoms with Crippen LogP contribution in [-0.4, -0.2) is 63.0 Å². The molecule has 4 nitrogen and oxygen atoms in total. The van der Waals surface area contributed by atoms with E-state index in [9.17, 15) is 8.42 Å². The lowest BCUT2D eigenvalue weighted by molar-refractivity contribution is 0.132. The van der Waals surface area contributed by atoms with Crippen molar-refractivity contribution < 1.29 is 8.42 Å². The second-order valence-corrected chi connectivity index (χ2v) is 8.38. The summed E-state index contributed by atoms with van der Waals surface area (Å²) in [7, 11) is -2.85. The van der Waals surface area contributed by atoms with Crippen LogP contribution >= 0.6 is 0 Å². The average molecular weight is 310 g/mol. The summed E-state index contributed by atoms with van der Waals surface area (Å²) in [6, 6.07) is 6.45. The minimum atomic E-state index is -2.85. The molecule has 1 fully saturated rings. The van der Waals surface area contributed by atoms with E-state index >= 15 is 0 Å². The third-order valence-electron chi connectivity index (χ3n) is 4.27. The van der Waals surface area contributed by atoms with Gasteiger partial charge in [-0.3, -0.25) is 9.80 Å². The Morgan fingerprint density at radius 3 is 2.05 bits per heavy atom. The second kappa shape index (κ2) is 6.90. The van der Waals surface area contributed by atoms with Crippen LogP contribution in [0, 0.1) is 13.8 Å². The van der Waals surface area contributed by atoms with Crippen molar-refractivity contribution in [1.29, 1.82) is 0 Å².